The van der Waals surface area contributed by atoms with Gasteiger partial charge in [0.15, 0.2) is 9.84 Å². The molecule has 0 fully saturated rings. The van der Waals surface area contributed by atoms with Gasteiger partial charge in [0, 0.05) is 35.1 Å². The highest BCUT2D eigenvalue weighted by molar-refractivity contribution is 7.91. The van der Waals surface area contributed by atoms with E-state index >= 15 is 0 Å². The lowest BCUT2D eigenvalue weighted by Crippen LogP contribution is -2.18. The molecule has 2 N–H and O–H groups in total. The molecular weight excluding hydrogens is 298 g/mol. The Morgan fingerprint density at radius 3 is 2.65 bits per heavy atom. The van der Waals surface area contributed by atoms with E-state index in [9.17, 15) is 12.6 Å². The summed E-state index contributed by atoms with van der Waals surface area (Å²) in [6, 6.07) is 4.93. The summed E-state index contributed by atoms with van der Waals surface area (Å²) >= 11 is 0. The van der Waals surface area contributed by atoms with E-state index in [0.29, 0.717) is 17.6 Å². The number of hydrogen-bond donors (Lipinski definition) is 1. The van der Waals surface area contributed by atoms with E-state index in [-0.39, 0.29) is 16.1 Å². The van der Waals surface area contributed by atoms with Crippen LogP contribution in [-0.4, -0.2) is 39.9 Å². The minimum Gasteiger partial charge on any atom is -0.369 e. The first-order chi connectivity index (χ1) is 9.21. The molecular formula is C12H17N3O3S2. The van der Waals surface area contributed by atoms with Gasteiger partial charge in [-0.3, -0.25) is 4.21 Å². The predicted molar refractivity (Wildman–Crippen MR) is 80.8 cm³/mol. The van der Waals surface area contributed by atoms with Crippen molar-refractivity contribution in [2.24, 2.45) is 0 Å². The number of nitrogens with two attached hydrogens (primary N) is 1. The number of hydrogen-bond acceptors (Lipinski definition) is 5. The number of nitrogen functional groups attached to an aromatic ring is 1. The Balaban J connectivity index is 2.64. The minimum absolute atomic E-state index is 0.100. The first-order valence-corrected chi connectivity index (χ1v) is 9.50. The molecule has 0 saturated carbocycles. The number of sulfone groups is 1. The molecule has 0 aliphatic rings. The van der Waals surface area contributed by atoms with E-state index in [1.165, 1.54) is 6.07 Å². The summed E-state index contributed by atoms with van der Waals surface area (Å²) in [6.45, 7) is 2.28. The fourth-order valence-electron chi connectivity index (χ4n) is 1.99. The van der Waals surface area contributed by atoms with Gasteiger partial charge in [-0.25, -0.2) is 13.4 Å². The summed E-state index contributed by atoms with van der Waals surface area (Å²) in [7, 11) is -4.36. The Morgan fingerprint density at radius 1 is 1.45 bits per heavy atom. The maximum absolute atomic E-state index is 11.8. The number of aromatic nitrogens is 2. The zero-order valence-electron chi connectivity index (χ0n) is 11.5. The molecule has 110 valence electrons. The Bertz CT molecular complexity index is 781. The van der Waals surface area contributed by atoms with E-state index in [1.807, 2.05) is 6.92 Å². The lowest BCUT2D eigenvalue weighted by molar-refractivity contribution is 0.602. The van der Waals surface area contributed by atoms with E-state index in [1.54, 1.807) is 23.0 Å². The van der Waals surface area contributed by atoms with Crippen LogP contribution in [0, 0.1) is 0 Å². The topological polar surface area (TPSA) is 95.1 Å². The Hall–Kier alpha value is -1.41. The average Bonchev–Trinajstić information content (AvgIpc) is 2.64. The van der Waals surface area contributed by atoms with Gasteiger partial charge in [-0.05, 0) is 19.1 Å². The normalized spacial score (nSPS) is 15.3. The largest absolute Gasteiger partial charge is 0.369 e. The van der Waals surface area contributed by atoms with Gasteiger partial charge >= 0.3 is 0 Å². The summed E-state index contributed by atoms with van der Waals surface area (Å²) in [5, 5.41) is -0.100. The maximum atomic E-state index is 11.8. The Labute approximate surface area is 120 Å². The van der Waals surface area contributed by atoms with Crippen molar-refractivity contribution in [3.63, 3.8) is 0 Å². The standard InChI is InChI=1S/C12H17N3O3S2/c1-8(19(2)16)7-15-9-5-4-6-10(20(3,17)18)11(9)14-12(15)13/h4-6,8H,7H2,1-3H3,(H2,13,14). The van der Waals surface area contributed by atoms with Crippen LogP contribution in [0.15, 0.2) is 23.1 Å². The summed E-state index contributed by atoms with van der Waals surface area (Å²) in [6.07, 6.45) is 2.77. The van der Waals surface area contributed by atoms with Gasteiger partial charge in [0.25, 0.3) is 0 Å². The van der Waals surface area contributed by atoms with Crippen LogP contribution in [0.3, 0.4) is 0 Å². The van der Waals surface area contributed by atoms with Crippen LogP contribution in [0.4, 0.5) is 5.95 Å². The second-order valence-corrected chi connectivity index (χ2v) is 8.57. The molecule has 1 aromatic carbocycles. The molecule has 2 atom stereocenters. The van der Waals surface area contributed by atoms with Crippen molar-refractivity contribution in [2.75, 3.05) is 18.2 Å². The second-order valence-electron chi connectivity index (χ2n) is 4.79. The fourth-order valence-corrected chi connectivity index (χ4v) is 3.18. The molecule has 2 aromatic rings. The third kappa shape index (κ3) is 2.71. The van der Waals surface area contributed by atoms with Gasteiger partial charge in [-0.2, -0.15) is 0 Å². The Morgan fingerprint density at radius 2 is 2.10 bits per heavy atom. The molecule has 0 radical (unpaired) electrons. The highest BCUT2D eigenvalue weighted by atomic mass is 32.2. The number of nitrogens with zero attached hydrogens (tertiary/aromatic N) is 2. The molecule has 1 aromatic heterocycles. The van der Waals surface area contributed by atoms with Crippen LogP contribution in [0.5, 0.6) is 0 Å². The van der Waals surface area contributed by atoms with E-state index < -0.39 is 20.6 Å². The van der Waals surface area contributed by atoms with Gasteiger partial charge in [0.1, 0.15) is 5.52 Å². The summed E-state index contributed by atoms with van der Waals surface area (Å²) in [5.41, 5.74) is 6.88. The zero-order chi connectivity index (χ0) is 15.1. The van der Waals surface area contributed by atoms with Crippen molar-refractivity contribution >= 4 is 37.6 Å². The molecule has 0 bridgehead atoms. The number of rotatable bonds is 4. The highest BCUT2D eigenvalue weighted by Gasteiger charge is 2.19. The quantitative estimate of drug-likeness (QED) is 0.900. The lowest BCUT2D eigenvalue weighted by atomic mass is 10.3. The van der Waals surface area contributed by atoms with Gasteiger partial charge < -0.3 is 10.3 Å². The summed E-state index contributed by atoms with van der Waals surface area (Å²) in [4.78, 5) is 4.31. The van der Waals surface area contributed by atoms with Crippen LogP contribution in [0.25, 0.3) is 11.0 Å². The van der Waals surface area contributed by atoms with Gasteiger partial charge in [0.2, 0.25) is 5.95 Å². The molecule has 6 nitrogen and oxygen atoms in total. The molecule has 0 amide bonds. The molecule has 2 unspecified atom stereocenters. The van der Waals surface area contributed by atoms with Gasteiger partial charge in [-0.15, -0.1) is 0 Å². The van der Waals surface area contributed by atoms with Crippen LogP contribution in [0.1, 0.15) is 6.92 Å². The third-order valence-electron chi connectivity index (χ3n) is 3.18. The molecule has 0 aliphatic carbocycles. The maximum Gasteiger partial charge on any atom is 0.201 e. The Kier molecular flexibility index (Phi) is 3.88. The van der Waals surface area contributed by atoms with Crippen LogP contribution >= 0.6 is 0 Å². The number of anilines is 1. The second kappa shape index (κ2) is 5.17. The third-order valence-corrected chi connectivity index (χ3v) is 5.59. The van der Waals surface area contributed by atoms with E-state index in [2.05, 4.69) is 4.98 Å². The average molecular weight is 315 g/mol. The van der Waals surface area contributed by atoms with Crippen LogP contribution in [0.2, 0.25) is 0 Å². The van der Waals surface area contributed by atoms with Crippen LogP contribution < -0.4 is 5.73 Å². The number of para-hydroxylation sites is 1. The molecule has 2 rings (SSSR count). The van der Waals surface area contributed by atoms with Crippen molar-refractivity contribution in [2.45, 2.75) is 23.6 Å². The first kappa shape index (κ1) is 15.0. The van der Waals surface area contributed by atoms with Gasteiger partial charge in [0.05, 0.1) is 10.4 Å². The molecule has 8 heteroatoms. The number of fused-ring (bicyclic) bond motifs is 1. The summed E-state index contributed by atoms with van der Waals surface area (Å²) < 4.78 is 36.7. The van der Waals surface area contributed by atoms with Crippen molar-refractivity contribution in [3.05, 3.63) is 18.2 Å². The SMILES string of the molecule is CC(Cn1c(N)nc2c(S(C)(=O)=O)cccc21)S(C)=O. The molecule has 1 heterocycles. The number of imidazole rings is 1. The van der Waals surface area contributed by atoms with Crippen molar-refractivity contribution < 1.29 is 12.6 Å². The van der Waals surface area contributed by atoms with Crippen molar-refractivity contribution in [1.29, 1.82) is 0 Å². The zero-order valence-corrected chi connectivity index (χ0v) is 13.2. The van der Waals surface area contributed by atoms with E-state index in [0.717, 1.165) is 6.26 Å². The van der Waals surface area contributed by atoms with E-state index in [4.69, 9.17) is 5.73 Å². The lowest BCUT2D eigenvalue weighted by Gasteiger charge is -2.11. The van der Waals surface area contributed by atoms with Crippen molar-refractivity contribution in [3.8, 4) is 0 Å². The first-order valence-electron chi connectivity index (χ1n) is 5.99. The number of benzene rings is 1. The highest BCUT2D eigenvalue weighted by Crippen LogP contribution is 2.25. The molecule has 20 heavy (non-hydrogen) atoms. The van der Waals surface area contributed by atoms with Gasteiger partial charge in [-0.1, -0.05) is 6.07 Å². The summed E-state index contributed by atoms with van der Waals surface area (Å²) in [5.74, 6) is 0.230. The predicted octanol–water partition coefficient (Wildman–Crippen LogP) is 0.789. The molecule has 0 saturated heterocycles. The monoisotopic (exact) mass is 315 g/mol. The van der Waals surface area contributed by atoms with Crippen molar-refractivity contribution in [1.82, 2.24) is 9.55 Å². The smallest absolute Gasteiger partial charge is 0.201 e. The molecule has 0 spiro atoms. The fraction of sp³-hybridized carbons (Fsp3) is 0.417. The minimum atomic E-state index is -3.37. The van der Waals surface area contributed by atoms with Crippen LogP contribution in [-0.2, 0) is 27.2 Å². The molecule has 0 aliphatic heterocycles.